The molecule has 2 amide bonds. The fraction of sp³-hybridized carbons (Fsp3) is 0.440. The molecule has 0 aliphatic carbocycles. The summed E-state index contributed by atoms with van der Waals surface area (Å²) < 4.78 is 5.52. The van der Waals surface area contributed by atoms with Gasteiger partial charge in [-0.05, 0) is 62.1 Å². The Bertz CT molecular complexity index is 891. The van der Waals surface area contributed by atoms with Gasteiger partial charge >= 0.3 is 6.03 Å². The summed E-state index contributed by atoms with van der Waals surface area (Å²) in [5.41, 5.74) is 3.05. The standard InChI is InChI=1S/C25H35N5O2/c1-4-26-24(29(3)19-20-11-13-23(14-12-20)32-5-2)27-18-21-9-8-10-22(17-21)28-25(31)30-15-6-7-16-30/h8-14,17H,4-7,15-16,18-19H2,1-3H3,(H,26,27)(H,28,31). The summed E-state index contributed by atoms with van der Waals surface area (Å²) >= 11 is 0. The molecule has 32 heavy (non-hydrogen) atoms. The molecule has 3 rings (SSSR count). The fourth-order valence-corrected chi connectivity index (χ4v) is 3.71. The number of anilines is 1. The summed E-state index contributed by atoms with van der Waals surface area (Å²) in [6, 6.07) is 16.0. The van der Waals surface area contributed by atoms with Crippen LogP contribution < -0.4 is 15.4 Å². The number of benzene rings is 2. The number of guanidine groups is 1. The number of ether oxygens (including phenoxy) is 1. The number of carbonyl (C=O) groups is 1. The van der Waals surface area contributed by atoms with Gasteiger partial charge in [-0.15, -0.1) is 0 Å². The Hall–Kier alpha value is -3.22. The quantitative estimate of drug-likeness (QED) is 0.477. The van der Waals surface area contributed by atoms with E-state index in [1.54, 1.807) is 0 Å². The monoisotopic (exact) mass is 437 g/mol. The third kappa shape index (κ3) is 6.90. The van der Waals surface area contributed by atoms with Gasteiger partial charge in [-0.3, -0.25) is 0 Å². The maximum atomic E-state index is 12.4. The fourth-order valence-electron chi connectivity index (χ4n) is 3.71. The second-order valence-electron chi connectivity index (χ2n) is 7.93. The van der Waals surface area contributed by atoms with E-state index >= 15 is 0 Å². The Balaban J connectivity index is 1.61. The Labute approximate surface area is 191 Å². The molecule has 1 aliphatic rings. The summed E-state index contributed by atoms with van der Waals surface area (Å²) in [7, 11) is 2.03. The normalized spacial score (nSPS) is 13.7. The number of hydrogen-bond acceptors (Lipinski definition) is 3. The number of likely N-dealkylation sites (tertiary alicyclic amines) is 1. The van der Waals surface area contributed by atoms with Gasteiger partial charge in [-0.1, -0.05) is 24.3 Å². The maximum absolute atomic E-state index is 12.4. The summed E-state index contributed by atoms with van der Waals surface area (Å²) in [4.78, 5) is 21.1. The molecule has 2 N–H and O–H groups in total. The van der Waals surface area contributed by atoms with Gasteiger partial charge in [0.2, 0.25) is 0 Å². The highest BCUT2D eigenvalue weighted by atomic mass is 16.5. The molecule has 1 saturated heterocycles. The molecule has 0 spiro atoms. The van der Waals surface area contributed by atoms with Crippen molar-refractivity contribution < 1.29 is 9.53 Å². The lowest BCUT2D eigenvalue weighted by Gasteiger charge is -2.22. The average molecular weight is 438 g/mol. The van der Waals surface area contributed by atoms with Crippen LogP contribution >= 0.6 is 0 Å². The smallest absolute Gasteiger partial charge is 0.321 e. The third-order valence-corrected chi connectivity index (χ3v) is 5.33. The summed E-state index contributed by atoms with van der Waals surface area (Å²) in [5.74, 6) is 1.73. The van der Waals surface area contributed by atoms with Crippen LogP contribution in [0.2, 0.25) is 0 Å². The van der Waals surface area contributed by atoms with E-state index in [0.717, 1.165) is 62.0 Å². The second kappa shape index (κ2) is 12.0. The number of nitrogens with zero attached hydrogens (tertiary/aromatic N) is 3. The first kappa shape index (κ1) is 23.4. The number of aliphatic imine (C=N–C) groups is 1. The molecule has 2 aromatic carbocycles. The first-order valence-corrected chi connectivity index (χ1v) is 11.4. The summed E-state index contributed by atoms with van der Waals surface area (Å²) in [6.45, 7) is 8.45. The van der Waals surface area contributed by atoms with Crippen LogP contribution in [0, 0.1) is 0 Å². The first-order valence-electron chi connectivity index (χ1n) is 11.4. The second-order valence-corrected chi connectivity index (χ2v) is 7.93. The van der Waals surface area contributed by atoms with Gasteiger partial charge in [0.05, 0.1) is 13.2 Å². The average Bonchev–Trinajstić information content (AvgIpc) is 3.33. The Morgan fingerprint density at radius 2 is 1.84 bits per heavy atom. The van der Waals surface area contributed by atoms with Crippen molar-refractivity contribution in [3.63, 3.8) is 0 Å². The Morgan fingerprint density at radius 1 is 1.09 bits per heavy atom. The molecule has 1 heterocycles. The van der Waals surface area contributed by atoms with E-state index in [4.69, 9.17) is 9.73 Å². The number of nitrogens with one attached hydrogen (secondary N) is 2. The van der Waals surface area contributed by atoms with Gasteiger partial charge in [-0.2, -0.15) is 0 Å². The van der Waals surface area contributed by atoms with Crippen LogP contribution in [0.4, 0.5) is 10.5 Å². The minimum absolute atomic E-state index is 0.0217. The molecule has 1 fully saturated rings. The molecule has 7 nitrogen and oxygen atoms in total. The van der Waals surface area contributed by atoms with Crippen molar-refractivity contribution in [2.24, 2.45) is 4.99 Å². The van der Waals surface area contributed by atoms with Gasteiger partial charge < -0.3 is 25.2 Å². The maximum Gasteiger partial charge on any atom is 0.321 e. The highest BCUT2D eigenvalue weighted by Gasteiger charge is 2.17. The van der Waals surface area contributed by atoms with Crippen molar-refractivity contribution in [1.82, 2.24) is 15.1 Å². The van der Waals surface area contributed by atoms with Crippen molar-refractivity contribution in [3.05, 3.63) is 59.7 Å². The van der Waals surface area contributed by atoms with E-state index < -0.39 is 0 Å². The molecule has 7 heteroatoms. The van der Waals surface area contributed by atoms with Crippen LogP contribution in [-0.4, -0.2) is 55.1 Å². The molecule has 0 atom stereocenters. The first-order chi connectivity index (χ1) is 15.6. The Morgan fingerprint density at radius 3 is 2.53 bits per heavy atom. The predicted molar refractivity (Wildman–Crippen MR) is 130 cm³/mol. The zero-order valence-corrected chi connectivity index (χ0v) is 19.4. The van der Waals surface area contributed by atoms with Crippen molar-refractivity contribution in [2.45, 2.75) is 39.8 Å². The summed E-state index contributed by atoms with van der Waals surface area (Å²) in [5, 5.41) is 6.37. The van der Waals surface area contributed by atoms with Crippen molar-refractivity contribution >= 4 is 17.7 Å². The lowest BCUT2D eigenvalue weighted by atomic mass is 10.2. The number of rotatable bonds is 8. The van der Waals surface area contributed by atoms with Gasteiger partial charge in [0, 0.05) is 38.9 Å². The van der Waals surface area contributed by atoms with Gasteiger partial charge in [0.15, 0.2) is 5.96 Å². The minimum Gasteiger partial charge on any atom is -0.494 e. The van der Waals surface area contributed by atoms with Crippen molar-refractivity contribution in [2.75, 3.05) is 38.6 Å². The minimum atomic E-state index is -0.0217. The molecular formula is C25H35N5O2. The molecular weight excluding hydrogens is 402 g/mol. The number of hydrogen-bond donors (Lipinski definition) is 2. The Kier molecular flexibility index (Phi) is 8.78. The van der Waals surface area contributed by atoms with E-state index in [1.165, 1.54) is 5.56 Å². The highest BCUT2D eigenvalue weighted by molar-refractivity contribution is 5.89. The zero-order valence-electron chi connectivity index (χ0n) is 19.4. The molecule has 2 aromatic rings. The topological polar surface area (TPSA) is 69.2 Å². The number of urea groups is 1. The number of amides is 2. The van der Waals surface area contributed by atoms with E-state index in [1.807, 2.05) is 55.3 Å². The zero-order chi connectivity index (χ0) is 22.8. The molecule has 0 unspecified atom stereocenters. The van der Waals surface area contributed by atoms with Gasteiger partial charge in [0.1, 0.15) is 5.75 Å². The SMILES string of the molecule is CCNC(=NCc1cccc(NC(=O)N2CCCC2)c1)N(C)Cc1ccc(OCC)cc1. The molecule has 172 valence electrons. The van der Waals surface area contributed by atoms with Gasteiger partial charge in [-0.25, -0.2) is 9.79 Å². The lowest BCUT2D eigenvalue weighted by Crippen LogP contribution is -2.38. The molecule has 1 aliphatic heterocycles. The van der Waals surface area contributed by atoms with Crippen LogP contribution in [0.15, 0.2) is 53.5 Å². The van der Waals surface area contributed by atoms with Crippen LogP contribution in [-0.2, 0) is 13.1 Å². The third-order valence-electron chi connectivity index (χ3n) is 5.33. The molecule has 0 bridgehead atoms. The van der Waals surface area contributed by atoms with Crippen LogP contribution in [0.3, 0.4) is 0 Å². The van der Waals surface area contributed by atoms with Gasteiger partial charge in [0.25, 0.3) is 0 Å². The molecule has 0 saturated carbocycles. The van der Waals surface area contributed by atoms with Crippen LogP contribution in [0.5, 0.6) is 5.75 Å². The predicted octanol–water partition coefficient (Wildman–Crippen LogP) is 4.31. The largest absolute Gasteiger partial charge is 0.494 e. The van der Waals surface area contributed by atoms with Crippen LogP contribution in [0.25, 0.3) is 0 Å². The molecule has 0 aromatic heterocycles. The van der Waals surface area contributed by atoms with E-state index in [9.17, 15) is 4.79 Å². The lowest BCUT2D eigenvalue weighted by molar-refractivity contribution is 0.222. The van der Waals surface area contributed by atoms with E-state index in [0.29, 0.717) is 13.2 Å². The van der Waals surface area contributed by atoms with Crippen LogP contribution in [0.1, 0.15) is 37.8 Å². The van der Waals surface area contributed by atoms with Crippen molar-refractivity contribution in [3.8, 4) is 5.75 Å². The molecule has 0 radical (unpaired) electrons. The van der Waals surface area contributed by atoms with E-state index in [-0.39, 0.29) is 6.03 Å². The van der Waals surface area contributed by atoms with E-state index in [2.05, 4.69) is 34.6 Å². The summed E-state index contributed by atoms with van der Waals surface area (Å²) in [6.07, 6.45) is 2.17. The van der Waals surface area contributed by atoms with Crippen molar-refractivity contribution in [1.29, 1.82) is 0 Å². The number of carbonyl (C=O) groups excluding carboxylic acids is 1. The highest BCUT2D eigenvalue weighted by Crippen LogP contribution is 2.16.